The van der Waals surface area contributed by atoms with Crippen LogP contribution in [0.2, 0.25) is 0 Å². The highest BCUT2D eigenvalue weighted by molar-refractivity contribution is 5.74. The van der Waals surface area contributed by atoms with Gasteiger partial charge in [-0.1, -0.05) is 26.0 Å². The smallest absolute Gasteiger partial charge is 0.121 e. The molecule has 1 aromatic heterocycles. The zero-order chi connectivity index (χ0) is 12.1. The van der Waals surface area contributed by atoms with E-state index in [1.54, 1.807) is 0 Å². The van der Waals surface area contributed by atoms with E-state index in [-0.39, 0.29) is 0 Å². The van der Waals surface area contributed by atoms with Crippen LogP contribution in [0, 0.1) is 0 Å². The van der Waals surface area contributed by atoms with Crippen LogP contribution < -0.4 is 0 Å². The maximum atomic E-state index is 4.62. The van der Waals surface area contributed by atoms with Gasteiger partial charge in [-0.15, -0.1) is 0 Å². The first kappa shape index (κ1) is 12.1. The first-order valence-corrected chi connectivity index (χ1v) is 6.49. The number of imidazole rings is 1. The molecule has 0 aliphatic heterocycles. The van der Waals surface area contributed by atoms with Crippen molar-refractivity contribution in [1.29, 1.82) is 0 Å². The summed E-state index contributed by atoms with van der Waals surface area (Å²) in [5.41, 5.74) is 2.20. The van der Waals surface area contributed by atoms with Crippen molar-refractivity contribution in [1.82, 2.24) is 14.9 Å². The Balaban J connectivity index is 2.10. The van der Waals surface area contributed by atoms with Crippen LogP contribution in [0.1, 0.15) is 32.5 Å². The number of H-pyrrole nitrogens is 1. The number of nitrogens with one attached hydrogen (secondary N) is 1. The van der Waals surface area contributed by atoms with Gasteiger partial charge in [-0.25, -0.2) is 4.98 Å². The van der Waals surface area contributed by atoms with Crippen LogP contribution in [0.5, 0.6) is 0 Å². The molecule has 0 atom stereocenters. The summed E-state index contributed by atoms with van der Waals surface area (Å²) >= 11 is 0. The lowest BCUT2D eigenvalue weighted by Crippen LogP contribution is -2.25. The summed E-state index contributed by atoms with van der Waals surface area (Å²) in [5, 5.41) is 0. The van der Waals surface area contributed by atoms with Crippen molar-refractivity contribution in [2.24, 2.45) is 0 Å². The summed E-state index contributed by atoms with van der Waals surface area (Å²) in [5.74, 6) is 1.08. The molecule has 17 heavy (non-hydrogen) atoms. The standard InChI is InChI=1S/C14H21N3/c1-3-9-17(10-4-2)11-14-15-12-7-5-6-8-13(12)16-14/h5-8H,3-4,9-11H2,1-2H3,(H,15,16). The highest BCUT2D eigenvalue weighted by Crippen LogP contribution is 2.12. The van der Waals surface area contributed by atoms with Crippen molar-refractivity contribution in [3.8, 4) is 0 Å². The van der Waals surface area contributed by atoms with Gasteiger partial charge in [0.2, 0.25) is 0 Å². The molecule has 0 bridgehead atoms. The zero-order valence-corrected chi connectivity index (χ0v) is 10.7. The monoisotopic (exact) mass is 231 g/mol. The molecule has 1 N–H and O–H groups in total. The third kappa shape index (κ3) is 3.07. The first-order chi connectivity index (χ1) is 8.33. The summed E-state index contributed by atoms with van der Waals surface area (Å²) in [4.78, 5) is 10.5. The van der Waals surface area contributed by atoms with Crippen LogP contribution in [0.25, 0.3) is 11.0 Å². The SMILES string of the molecule is CCCN(CCC)Cc1nc2ccccc2[nH]1. The minimum absolute atomic E-state index is 0.927. The first-order valence-electron chi connectivity index (χ1n) is 6.49. The van der Waals surface area contributed by atoms with E-state index in [2.05, 4.69) is 40.8 Å². The lowest BCUT2D eigenvalue weighted by atomic mass is 10.3. The molecule has 0 saturated carbocycles. The Bertz CT molecular complexity index is 422. The van der Waals surface area contributed by atoms with E-state index >= 15 is 0 Å². The van der Waals surface area contributed by atoms with Crippen LogP contribution in [0.3, 0.4) is 0 Å². The second-order valence-corrected chi connectivity index (χ2v) is 4.48. The fourth-order valence-corrected chi connectivity index (χ4v) is 2.19. The van der Waals surface area contributed by atoms with E-state index < -0.39 is 0 Å². The van der Waals surface area contributed by atoms with Crippen molar-refractivity contribution in [3.05, 3.63) is 30.1 Å². The van der Waals surface area contributed by atoms with E-state index in [1.807, 2.05) is 12.1 Å². The molecule has 2 rings (SSSR count). The van der Waals surface area contributed by atoms with Crippen molar-refractivity contribution >= 4 is 11.0 Å². The number of hydrogen-bond donors (Lipinski definition) is 1. The molecule has 3 heteroatoms. The van der Waals surface area contributed by atoms with Crippen LogP contribution in [0.4, 0.5) is 0 Å². The molecule has 2 aromatic rings. The summed E-state index contributed by atoms with van der Waals surface area (Å²) < 4.78 is 0. The Morgan fingerprint density at radius 1 is 1.12 bits per heavy atom. The number of aromatic nitrogens is 2. The molecule has 0 unspecified atom stereocenters. The molecule has 0 saturated heterocycles. The van der Waals surface area contributed by atoms with Crippen molar-refractivity contribution in [2.75, 3.05) is 13.1 Å². The number of hydrogen-bond acceptors (Lipinski definition) is 2. The van der Waals surface area contributed by atoms with E-state index in [1.165, 1.54) is 12.8 Å². The summed E-state index contributed by atoms with van der Waals surface area (Å²) in [6.45, 7) is 7.66. The second kappa shape index (κ2) is 5.82. The van der Waals surface area contributed by atoms with E-state index in [0.29, 0.717) is 0 Å². The number of rotatable bonds is 6. The molecule has 1 heterocycles. The van der Waals surface area contributed by atoms with Crippen LogP contribution in [-0.4, -0.2) is 28.0 Å². The Morgan fingerprint density at radius 3 is 2.47 bits per heavy atom. The van der Waals surface area contributed by atoms with Gasteiger partial charge >= 0.3 is 0 Å². The summed E-state index contributed by atoms with van der Waals surface area (Å²) in [6.07, 6.45) is 2.39. The van der Waals surface area contributed by atoms with Crippen molar-refractivity contribution in [3.63, 3.8) is 0 Å². The van der Waals surface area contributed by atoms with Crippen molar-refractivity contribution < 1.29 is 0 Å². The fourth-order valence-electron chi connectivity index (χ4n) is 2.19. The van der Waals surface area contributed by atoms with Gasteiger partial charge in [0.1, 0.15) is 5.82 Å². The molecular formula is C14H21N3. The van der Waals surface area contributed by atoms with Crippen LogP contribution in [-0.2, 0) is 6.54 Å². The Hall–Kier alpha value is -1.35. The quantitative estimate of drug-likeness (QED) is 0.828. The van der Waals surface area contributed by atoms with Gasteiger partial charge in [0.15, 0.2) is 0 Å². The molecule has 0 amide bonds. The molecule has 0 spiro atoms. The highest BCUT2D eigenvalue weighted by Gasteiger charge is 2.07. The minimum Gasteiger partial charge on any atom is -0.341 e. The van der Waals surface area contributed by atoms with E-state index in [0.717, 1.165) is 36.5 Å². The number of fused-ring (bicyclic) bond motifs is 1. The predicted molar refractivity (Wildman–Crippen MR) is 72.0 cm³/mol. The Labute approximate surface area is 103 Å². The van der Waals surface area contributed by atoms with Gasteiger partial charge < -0.3 is 4.98 Å². The maximum absolute atomic E-state index is 4.62. The van der Waals surface area contributed by atoms with Crippen LogP contribution in [0.15, 0.2) is 24.3 Å². The molecule has 92 valence electrons. The maximum Gasteiger partial charge on any atom is 0.121 e. The lowest BCUT2D eigenvalue weighted by Gasteiger charge is -2.19. The topological polar surface area (TPSA) is 31.9 Å². The molecule has 3 nitrogen and oxygen atoms in total. The number of nitrogens with zero attached hydrogens (tertiary/aromatic N) is 2. The van der Waals surface area contributed by atoms with Gasteiger partial charge in [0.05, 0.1) is 17.6 Å². The normalized spacial score (nSPS) is 11.5. The predicted octanol–water partition coefficient (Wildman–Crippen LogP) is 3.18. The number of benzene rings is 1. The molecule has 0 radical (unpaired) electrons. The minimum atomic E-state index is 0.927. The summed E-state index contributed by atoms with van der Waals surface area (Å²) in [6, 6.07) is 8.21. The molecular weight excluding hydrogens is 210 g/mol. The average molecular weight is 231 g/mol. The molecule has 0 aliphatic rings. The molecule has 0 aliphatic carbocycles. The van der Waals surface area contributed by atoms with Gasteiger partial charge in [0, 0.05) is 0 Å². The van der Waals surface area contributed by atoms with Gasteiger partial charge in [0.25, 0.3) is 0 Å². The van der Waals surface area contributed by atoms with E-state index in [4.69, 9.17) is 0 Å². The molecule has 0 fully saturated rings. The number of aromatic amines is 1. The van der Waals surface area contributed by atoms with Crippen molar-refractivity contribution in [2.45, 2.75) is 33.2 Å². The van der Waals surface area contributed by atoms with Gasteiger partial charge in [-0.2, -0.15) is 0 Å². The fraction of sp³-hybridized carbons (Fsp3) is 0.500. The average Bonchev–Trinajstić information content (AvgIpc) is 2.71. The van der Waals surface area contributed by atoms with Gasteiger partial charge in [-0.05, 0) is 38.1 Å². The Morgan fingerprint density at radius 2 is 1.82 bits per heavy atom. The molecule has 1 aromatic carbocycles. The van der Waals surface area contributed by atoms with Crippen LogP contribution >= 0.6 is 0 Å². The summed E-state index contributed by atoms with van der Waals surface area (Å²) in [7, 11) is 0. The van der Waals surface area contributed by atoms with E-state index in [9.17, 15) is 0 Å². The lowest BCUT2D eigenvalue weighted by molar-refractivity contribution is 0.261. The third-order valence-corrected chi connectivity index (χ3v) is 2.89. The third-order valence-electron chi connectivity index (χ3n) is 2.89. The van der Waals surface area contributed by atoms with Gasteiger partial charge in [-0.3, -0.25) is 4.90 Å². The zero-order valence-electron chi connectivity index (χ0n) is 10.7. The number of para-hydroxylation sites is 2. The highest BCUT2D eigenvalue weighted by atomic mass is 15.1. The second-order valence-electron chi connectivity index (χ2n) is 4.48. The Kier molecular flexibility index (Phi) is 4.15. The largest absolute Gasteiger partial charge is 0.341 e.